The Morgan fingerprint density at radius 1 is 1.12 bits per heavy atom. The van der Waals surface area contributed by atoms with Crippen LogP contribution in [0.15, 0.2) is 24.3 Å². The fraction of sp³-hybridized carbons (Fsp3) is 0.560. The first-order valence-corrected chi connectivity index (χ1v) is 12.2. The van der Waals surface area contributed by atoms with Crippen LogP contribution < -0.4 is 11.5 Å². The highest BCUT2D eigenvalue weighted by molar-refractivity contribution is 5.98. The average molecular weight is 453 g/mol. The Morgan fingerprint density at radius 3 is 2.61 bits per heavy atom. The number of nitrogens with two attached hydrogens (primary N) is 2. The van der Waals surface area contributed by atoms with Crippen LogP contribution in [0.1, 0.15) is 56.7 Å². The summed E-state index contributed by atoms with van der Waals surface area (Å²) in [7, 11) is 0. The number of amides is 2. The number of hydrogen-bond acceptors (Lipinski definition) is 4. The number of nitrogens with one attached hydrogen (secondary N) is 1. The normalized spacial score (nSPS) is 20.7. The largest absolute Gasteiger partial charge is 0.384 e. The molecule has 0 radical (unpaired) electrons. The van der Waals surface area contributed by atoms with Crippen LogP contribution in [0.5, 0.6) is 0 Å². The van der Waals surface area contributed by atoms with E-state index in [4.69, 9.17) is 16.9 Å². The summed E-state index contributed by atoms with van der Waals surface area (Å²) >= 11 is 0. The minimum atomic E-state index is -0.322. The molecule has 8 heteroatoms. The van der Waals surface area contributed by atoms with Gasteiger partial charge in [-0.3, -0.25) is 15.0 Å². The predicted molar refractivity (Wildman–Crippen MR) is 130 cm³/mol. The van der Waals surface area contributed by atoms with Gasteiger partial charge in [0.05, 0.1) is 0 Å². The van der Waals surface area contributed by atoms with Crippen molar-refractivity contribution in [2.75, 3.05) is 19.6 Å². The van der Waals surface area contributed by atoms with Gasteiger partial charge < -0.3 is 25.8 Å². The maximum Gasteiger partial charge on any atom is 0.245 e. The first-order valence-electron chi connectivity index (χ1n) is 12.2. The molecule has 0 bridgehead atoms. The smallest absolute Gasteiger partial charge is 0.245 e. The summed E-state index contributed by atoms with van der Waals surface area (Å²) in [6, 6.07) is 8.01. The Balaban J connectivity index is 1.47. The van der Waals surface area contributed by atoms with Gasteiger partial charge in [-0.05, 0) is 63.0 Å². The molecule has 2 aromatic rings. The van der Waals surface area contributed by atoms with E-state index in [0.29, 0.717) is 19.5 Å². The summed E-state index contributed by atoms with van der Waals surface area (Å²) in [5, 5.41) is 8.89. The number of rotatable bonds is 8. The molecule has 2 aliphatic heterocycles. The molecule has 0 saturated carbocycles. The van der Waals surface area contributed by atoms with Gasteiger partial charge in [-0.15, -0.1) is 0 Å². The molecular weight excluding hydrogens is 416 g/mol. The quantitative estimate of drug-likeness (QED) is 0.420. The van der Waals surface area contributed by atoms with E-state index in [0.717, 1.165) is 68.1 Å². The molecule has 2 saturated heterocycles. The van der Waals surface area contributed by atoms with E-state index in [9.17, 15) is 9.59 Å². The summed E-state index contributed by atoms with van der Waals surface area (Å²) in [5.41, 5.74) is 14.3. The lowest BCUT2D eigenvalue weighted by Gasteiger charge is -2.31. The summed E-state index contributed by atoms with van der Waals surface area (Å²) in [6.45, 7) is 4.72. The number of amidine groups is 1. The Morgan fingerprint density at radius 2 is 1.88 bits per heavy atom. The van der Waals surface area contributed by atoms with Gasteiger partial charge in [0.15, 0.2) is 0 Å². The zero-order valence-corrected chi connectivity index (χ0v) is 19.6. The van der Waals surface area contributed by atoms with E-state index in [-0.39, 0.29) is 29.7 Å². The van der Waals surface area contributed by atoms with Crippen LogP contribution in [0, 0.1) is 5.41 Å². The predicted octanol–water partition coefficient (Wildman–Crippen LogP) is 2.21. The summed E-state index contributed by atoms with van der Waals surface area (Å²) in [5.74, 6) is 0.192. The van der Waals surface area contributed by atoms with Crippen molar-refractivity contribution in [3.05, 3.63) is 35.5 Å². The second kappa shape index (κ2) is 9.95. The van der Waals surface area contributed by atoms with Gasteiger partial charge in [0.2, 0.25) is 11.8 Å². The second-order valence-corrected chi connectivity index (χ2v) is 9.22. The number of nitrogens with zero attached hydrogens (tertiary/aromatic N) is 3. The van der Waals surface area contributed by atoms with Crippen molar-refractivity contribution in [3.8, 4) is 0 Å². The molecule has 0 aliphatic carbocycles. The number of benzene rings is 1. The fourth-order valence-corrected chi connectivity index (χ4v) is 5.58. The van der Waals surface area contributed by atoms with E-state index >= 15 is 0 Å². The lowest BCUT2D eigenvalue weighted by Crippen LogP contribution is -2.49. The highest BCUT2D eigenvalue weighted by Crippen LogP contribution is 2.29. The number of hydrogen-bond donors (Lipinski definition) is 3. The molecule has 2 fully saturated rings. The first-order chi connectivity index (χ1) is 15.9. The van der Waals surface area contributed by atoms with Crippen LogP contribution in [-0.2, 0) is 22.6 Å². The third kappa shape index (κ3) is 4.62. The number of likely N-dealkylation sites (tertiary alicyclic amines) is 2. The summed E-state index contributed by atoms with van der Waals surface area (Å²) in [4.78, 5) is 29.6. The van der Waals surface area contributed by atoms with Crippen LogP contribution in [0.3, 0.4) is 0 Å². The van der Waals surface area contributed by atoms with Crippen molar-refractivity contribution >= 4 is 28.6 Å². The summed E-state index contributed by atoms with van der Waals surface area (Å²) in [6.07, 6.45) is 5.75. The van der Waals surface area contributed by atoms with Crippen molar-refractivity contribution in [1.82, 2.24) is 14.4 Å². The van der Waals surface area contributed by atoms with Crippen molar-refractivity contribution in [1.29, 1.82) is 5.41 Å². The van der Waals surface area contributed by atoms with Crippen LogP contribution in [0.2, 0.25) is 0 Å². The minimum Gasteiger partial charge on any atom is -0.384 e. The molecule has 0 unspecified atom stereocenters. The molecule has 2 amide bonds. The molecule has 178 valence electrons. The van der Waals surface area contributed by atoms with Crippen molar-refractivity contribution in [2.45, 2.75) is 70.5 Å². The second-order valence-electron chi connectivity index (χ2n) is 9.22. The maximum absolute atomic E-state index is 13.4. The lowest BCUT2D eigenvalue weighted by atomic mass is 10.1. The monoisotopic (exact) mass is 452 g/mol. The van der Waals surface area contributed by atoms with Gasteiger partial charge in [-0.2, -0.15) is 0 Å². The van der Waals surface area contributed by atoms with E-state index in [1.165, 1.54) is 5.69 Å². The van der Waals surface area contributed by atoms with Gasteiger partial charge in [-0.25, -0.2) is 0 Å². The number of aryl methyl sites for hydroxylation is 2. The van der Waals surface area contributed by atoms with Crippen LogP contribution in [-0.4, -0.2) is 63.7 Å². The van der Waals surface area contributed by atoms with E-state index < -0.39 is 0 Å². The number of carbonyl (C=O) groups is 2. The highest BCUT2D eigenvalue weighted by Gasteiger charge is 2.39. The number of aromatic nitrogens is 1. The molecule has 4 rings (SSSR count). The van der Waals surface area contributed by atoms with Crippen molar-refractivity contribution in [3.63, 3.8) is 0 Å². The average Bonchev–Trinajstić information content (AvgIpc) is 3.54. The minimum absolute atomic E-state index is 0.00138. The zero-order valence-electron chi connectivity index (χ0n) is 19.6. The molecule has 5 N–H and O–H groups in total. The number of nitrogen functional groups attached to an aromatic ring is 1. The molecule has 33 heavy (non-hydrogen) atoms. The highest BCUT2D eigenvalue weighted by atomic mass is 16.2. The van der Waals surface area contributed by atoms with Crippen molar-refractivity contribution in [2.24, 2.45) is 11.5 Å². The van der Waals surface area contributed by atoms with E-state index in [2.05, 4.69) is 17.6 Å². The lowest BCUT2D eigenvalue weighted by molar-refractivity contribution is -0.144. The van der Waals surface area contributed by atoms with Gasteiger partial charge in [-0.1, -0.05) is 12.1 Å². The SMILES string of the molecule is CCn1c(CC[C@@H]2CCCN2C(=O)[C@H]2CCCN2C(=O)CCN)cc2ccc(C(=N)N)cc21. The molecule has 2 atom stereocenters. The van der Waals surface area contributed by atoms with Crippen LogP contribution in [0.4, 0.5) is 0 Å². The molecule has 3 heterocycles. The van der Waals surface area contributed by atoms with Gasteiger partial charge in [0, 0.05) is 55.4 Å². The number of fused-ring (bicyclic) bond motifs is 1. The van der Waals surface area contributed by atoms with Crippen LogP contribution in [0.25, 0.3) is 10.9 Å². The van der Waals surface area contributed by atoms with Crippen LogP contribution >= 0.6 is 0 Å². The Kier molecular flexibility index (Phi) is 7.02. The Hall–Kier alpha value is -2.87. The molecule has 0 spiro atoms. The molecular formula is C25H36N6O2. The third-order valence-electron chi connectivity index (χ3n) is 7.23. The Labute approximate surface area is 195 Å². The topological polar surface area (TPSA) is 121 Å². The van der Waals surface area contributed by atoms with Crippen molar-refractivity contribution < 1.29 is 9.59 Å². The number of carbonyl (C=O) groups excluding carboxylic acids is 2. The first kappa shape index (κ1) is 23.3. The molecule has 2 aliphatic rings. The van der Waals surface area contributed by atoms with Gasteiger partial charge in [0.1, 0.15) is 11.9 Å². The summed E-state index contributed by atoms with van der Waals surface area (Å²) < 4.78 is 2.28. The maximum atomic E-state index is 13.4. The third-order valence-corrected chi connectivity index (χ3v) is 7.23. The van der Waals surface area contributed by atoms with E-state index in [1.54, 1.807) is 4.90 Å². The molecule has 1 aromatic heterocycles. The van der Waals surface area contributed by atoms with Gasteiger partial charge in [0.25, 0.3) is 0 Å². The molecule has 1 aromatic carbocycles. The molecule has 8 nitrogen and oxygen atoms in total. The van der Waals surface area contributed by atoms with Gasteiger partial charge >= 0.3 is 0 Å². The zero-order chi connectivity index (χ0) is 23.5. The van der Waals surface area contributed by atoms with E-state index in [1.807, 2.05) is 23.1 Å². The standard InChI is InChI=1S/C25H36N6O2/c1-2-29-20(15-17-7-8-18(24(27)28)16-22(17)29)10-9-19-5-3-13-30(19)25(33)21-6-4-14-31(21)23(32)11-12-26/h7-8,15-16,19,21H,2-6,9-14,26H2,1H3,(H3,27,28)/t19-,21+/m0/s1. The fourth-order valence-electron chi connectivity index (χ4n) is 5.58. The Bertz CT molecular complexity index is 1040.